The summed E-state index contributed by atoms with van der Waals surface area (Å²) in [5.74, 6) is 0.544. The summed E-state index contributed by atoms with van der Waals surface area (Å²) in [5.41, 5.74) is 7.76. The smallest absolute Gasteiger partial charge is 0.201 e. The zero-order valence-corrected chi connectivity index (χ0v) is 11.6. The zero-order chi connectivity index (χ0) is 13.1. The fourth-order valence-corrected chi connectivity index (χ4v) is 2.28. The predicted molar refractivity (Wildman–Crippen MR) is 76.9 cm³/mol. The number of nitrogen functional groups attached to an aromatic ring is 1. The Balaban J connectivity index is 2.13. The van der Waals surface area contributed by atoms with Crippen LogP contribution in [0.4, 0.5) is 5.95 Å². The van der Waals surface area contributed by atoms with Crippen LogP contribution in [0.25, 0.3) is 11.0 Å². The number of hydrogen-bond donors (Lipinski definition) is 1. The fourth-order valence-electron chi connectivity index (χ4n) is 2.06. The molecule has 0 aliphatic heterocycles. The molecule has 0 bridgehead atoms. The number of rotatable bonds is 5. The van der Waals surface area contributed by atoms with Crippen LogP contribution in [0.1, 0.15) is 12.8 Å². The first-order chi connectivity index (χ1) is 8.59. The molecule has 2 aromatic rings. The molecule has 0 saturated heterocycles. The van der Waals surface area contributed by atoms with Crippen LogP contribution >= 0.6 is 11.6 Å². The van der Waals surface area contributed by atoms with E-state index in [2.05, 4.69) is 24.0 Å². The molecule has 0 fully saturated rings. The molecule has 2 N–H and O–H groups in total. The molecule has 1 heterocycles. The van der Waals surface area contributed by atoms with Gasteiger partial charge < -0.3 is 15.2 Å². The molecular weight excluding hydrogens is 248 g/mol. The maximum atomic E-state index is 6.11. The summed E-state index contributed by atoms with van der Waals surface area (Å²) >= 11 is 6.11. The third kappa shape index (κ3) is 2.76. The summed E-state index contributed by atoms with van der Waals surface area (Å²) in [7, 11) is 4.17. The standard InChI is InChI=1S/C13H19ClN4/c1-17(2)8-3-4-9-18-11-7-5-6-10(14)12(11)16-13(18)15/h5-7H,3-4,8-9H2,1-2H3,(H2,15,16). The minimum Gasteiger partial charge on any atom is -0.369 e. The Morgan fingerprint density at radius 3 is 2.83 bits per heavy atom. The average Bonchev–Trinajstić information content (AvgIpc) is 2.63. The van der Waals surface area contributed by atoms with Crippen LogP contribution in [0.5, 0.6) is 0 Å². The molecule has 0 atom stereocenters. The Bertz CT molecular complexity index is 533. The van der Waals surface area contributed by atoms with Gasteiger partial charge in [-0.15, -0.1) is 0 Å². The molecule has 5 heteroatoms. The Kier molecular flexibility index (Phi) is 4.09. The van der Waals surface area contributed by atoms with Gasteiger partial charge in [0.15, 0.2) is 0 Å². The molecular formula is C13H19ClN4. The normalized spacial score (nSPS) is 11.6. The zero-order valence-electron chi connectivity index (χ0n) is 10.9. The lowest BCUT2D eigenvalue weighted by Gasteiger charge is -2.10. The van der Waals surface area contributed by atoms with Crippen molar-refractivity contribution in [2.45, 2.75) is 19.4 Å². The average molecular weight is 267 g/mol. The van der Waals surface area contributed by atoms with Crippen molar-refractivity contribution in [1.29, 1.82) is 0 Å². The van der Waals surface area contributed by atoms with Crippen LogP contribution < -0.4 is 5.73 Å². The SMILES string of the molecule is CN(C)CCCCn1c(N)nc2c(Cl)cccc21. The molecule has 98 valence electrons. The molecule has 0 aliphatic rings. The van der Waals surface area contributed by atoms with E-state index < -0.39 is 0 Å². The molecule has 0 spiro atoms. The number of halogens is 1. The topological polar surface area (TPSA) is 47.1 Å². The summed E-state index contributed by atoms with van der Waals surface area (Å²) in [6.45, 7) is 1.98. The van der Waals surface area contributed by atoms with Crippen LogP contribution in [0.15, 0.2) is 18.2 Å². The van der Waals surface area contributed by atoms with Crippen LogP contribution in [-0.4, -0.2) is 35.1 Å². The monoisotopic (exact) mass is 266 g/mol. The van der Waals surface area contributed by atoms with E-state index in [1.54, 1.807) is 0 Å². The molecule has 0 saturated carbocycles. The molecule has 0 aliphatic carbocycles. The molecule has 4 nitrogen and oxygen atoms in total. The minimum atomic E-state index is 0.544. The van der Waals surface area contributed by atoms with Crippen molar-refractivity contribution >= 4 is 28.6 Å². The summed E-state index contributed by atoms with van der Waals surface area (Å²) in [5, 5.41) is 0.659. The maximum absolute atomic E-state index is 6.11. The Morgan fingerprint density at radius 1 is 1.33 bits per heavy atom. The van der Waals surface area contributed by atoms with Gasteiger partial charge in [0.25, 0.3) is 0 Å². The van der Waals surface area contributed by atoms with Gasteiger partial charge in [0.05, 0.1) is 10.5 Å². The van der Waals surface area contributed by atoms with Crippen molar-refractivity contribution in [2.24, 2.45) is 0 Å². The minimum absolute atomic E-state index is 0.544. The first-order valence-corrected chi connectivity index (χ1v) is 6.52. The third-order valence-corrected chi connectivity index (χ3v) is 3.30. The molecule has 1 aromatic heterocycles. The van der Waals surface area contributed by atoms with Crippen molar-refractivity contribution in [2.75, 3.05) is 26.4 Å². The maximum Gasteiger partial charge on any atom is 0.201 e. The number of nitrogens with two attached hydrogens (primary N) is 1. The van der Waals surface area contributed by atoms with Crippen molar-refractivity contribution in [1.82, 2.24) is 14.5 Å². The van der Waals surface area contributed by atoms with Gasteiger partial charge >= 0.3 is 0 Å². The van der Waals surface area contributed by atoms with Gasteiger partial charge in [-0.25, -0.2) is 4.98 Å². The van der Waals surface area contributed by atoms with Gasteiger partial charge in [0, 0.05) is 6.54 Å². The quantitative estimate of drug-likeness (QED) is 0.847. The van der Waals surface area contributed by atoms with E-state index in [0.717, 1.165) is 37.0 Å². The number of imidazole rings is 1. The number of aromatic nitrogens is 2. The summed E-state index contributed by atoms with van der Waals surface area (Å²) in [4.78, 5) is 6.51. The molecule has 2 rings (SSSR count). The number of unbranched alkanes of at least 4 members (excludes halogenated alkanes) is 1. The summed E-state index contributed by atoms with van der Waals surface area (Å²) < 4.78 is 2.04. The molecule has 1 aromatic carbocycles. The lowest BCUT2D eigenvalue weighted by Crippen LogP contribution is -2.13. The van der Waals surface area contributed by atoms with Gasteiger partial charge in [-0.2, -0.15) is 0 Å². The number of nitrogens with zero attached hydrogens (tertiary/aromatic N) is 3. The van der Waals surface area contributed by atoms with Crippen LogP contribution in [0.2, 0.25) is 5.02 Å². The summed E-state index contributed by atoms with van der Waals surface area (Å²) in [6, 6.07) is 5.78. The van der Waals surface area contributed by atoms with Crippen molar-refractivity contribution in [3.8, 4) is 0 Å². The Hall–Kier alpha value is -1.26. The highest BCUT2D eigenvalue weighted by molar-refractivity contribution is 6.35. The number of aryl methyl sites for hydroxylation is 1. The van der Waals surface area contributed by atoms with E-state index in [9.17, 15) is 0 Å². The van der Waals surface area contributed by atoms with E-state index in [4.69, 9.17) is 17.3 Å². The number of benzene rings is 1. The number of anilines is 1. The van der Waals surface area contributed by atoms with Gasteiger partial charge in [-0.05, 0) is 45.6 Å². The van der Waals surface area contributed by atoms with Crippen LogP contribution in [0, 0.1) is 0 Å². The van der Waals surface area contributed by atoms with Crippen LogP contribution in [0.3, 0.4) is 0 Å². The van der Waals surface area contributed by atoms with E-state index in [1.807, 2.05) is 22.8 Å². The Labute approximate surface area is 112 Å². The van der Waals surface area contributed by atoms with Gasteiger partial charge in [0.1, 0.15) is 5.52 Å². The molecule has 0 amide bonds. The van der Waals surface area contributed by atoms with Crippen molar-refractivity contribution < 1.29 is 0 Å². The van der Waals surface area contributed by atoms with Crippen molar-refractivity contribution in [3.63, 3.8) is 0 Å². The van der Waals surface area contributed by atoms with Crippen LogP contribution in [-0.2, 0) is 6.54 Å². The van der Waals surface area contributed by atoms with E-state index in [1.165, 1.54) is 0 Å². The number of hydrogen-bond acceptors (Lipinski definition) is 3. The van der Waals surface area contributed by atoms with E-state index in [0.29, 0.717) is 11.0 Å². The molecule has 0 radical (unpaired) electrons. The van der Waals surface area contributed by atoms with Gasteiger partial charge in [-0.1, -0.05) is 17.7 Å². The second kappa shape index (κ2) is 5.59. The van der Waals surface area contributed by atoms with E-state index in [-0.39, 0.29) is 0 Å². The lowest BCUT2D eigenvalue weighted by atomic mass is 10.2. The third-order valence-electron chi connectivity index (χ3n) is 3.00. The molecule has 0 unspecified atom stereocenters. The number of para-hydroxylation sites is 1. The first-order valence-electron chi connectivity index (χ1n) is 6.14. The summed E-state index contributed by atoms with van der Waals surface area (Å²) in [6.07, 6.45) is 2.23. The predicted octanol–water partition coefficient (Wildman–Crippen LogP) is 2.61. The number of fused-ring (bicyclic) bond motifs is 1. The highest BCUT2D eigenvalue weighted by atomic mass is 35.5. The highest BCUT2D eigenvalue weighted by Crippen LogP contribution is 2.25. The highest BCUT2D eigenvalue weighted by Gasteiger charge is 2.09. The van der Waals surface area contributed by atoms with E-state index >= 15 is 0 Å². The Morgan fingerprint density at radius 2 is 2.11 bits per heavy atom. The van der Waals surface area contributed by atoms with Gasteiger partial charge in [0.2, 0.25) is 5.95 Å². The van der Waals surface area contributed by atoms with Crippen molar-refractivity contribution in [3.05, 3.63) is 23.2 Å². The second-order valence-corrected chi connectivity index (χ2v) is 5.15. The lowest BCUT2D eigenvalue weighted by molar-refractivity contribution is 0.388. The largest absolute Gasteiger partial charge is 0.369 e. The van der Waals surface area contributed by atoms with Gasteiger partial charge in [-0.3, -0.25) is 0 Å². The molecule has 18 heavy (non-hydrogen) atoms. The fraction of sp³-hybridized carbons (Fsp3) is 0.462. The second-order valence-electron chi connectivity index (χ2n) is 4.74. The first kappa shape index (κ1) is 13.2.